The first-order valence-corrected chi connectivity index (χ1v) is 6.61. The highest BCUT2D eigenvalue weighted by Crippen LogP contribution is 2.29. The van der Waals surface area contributed by atoms with Crippen molar-refractivity contribution < 1.29 is 9.13 Å². The van der Waals surface area contributed by atoms with Gasteiger partial charge in [0.05, 0.1) is 10.6 Å². The minimum Gasteiger partial charge on any atom is -0.438 e. The van der Waals surface area contributed by atoms with Crippen LogP contribution >= 0.6 is 11.6 Å². The molecule has 0 amide bonds. The van der Waals surface area contributed by atoms with Gasteiger partial charge in [-0.2, -0.15) is 4.98 Å². The number of aryl methyl sites for hydroxylation is 1. The van der Waals surface area contributed by atoms with E-state index in [0.29, 0.717) is 29.7 Å². The summed E-state index contributed by atoms with van der Waals surface area (Å²) >= 11 is 5.74. The maximum absolute atomic E-state index is 13.1. The Hall–Kier alpha value is -1.88. The molecule has 0 fully saturated rings. The lowest BCUT2D eigenvalue weighted by atomic mass is 10.3. The summed E-state index contributed by atoms with van der Waals surface area (Å²) in [5, 5.41) is 3.01. The normalized spacial score (nSPS) is 10.4. The van der Waals surface area contributed by atoms with E-state index in [1.165, 1.54) is 18.2 Å². The molecule has 6 heteroatoms. The first-order valence-electron chi connectivity index (χ1n) is 6.23. The van der Waals surface area contributed by atoms with Crippen LogP contribution < -0.4 is 10.1 Å². The van der Waals surface area contributed by atoms with Gasteiger partial charge in [0, 0.05) is 19.5 Å². The van der Waals surface area contributed by atoms with E-state index in [2.05, 4.69) is 15.3 Å². The van der Waals surface area contributed by atoms with Crippen molar-refractivity contribution in [3.05, 3.63) is 40.4 Å². The quantitative estimate of drug-likeness (QED) is 0.927. The van der Waals surface area contributed by atoms with Gasteiger partial charge in [0.25, 0.3) is 0 Å². The van der Waals surface area contributed by atoms with Crippen molar-refractivity contribution in [1.82, 2.24) is 9.97 Å². The first-order chi connectivity index (χ1) is 9.55. The van der Waals surface area contributed by atoms with E-state index in [0.717, 1.165) is 5.56 Å². The first kappa shape index (κ1) is 14.5. The van der Waals surface area contributed by atoms with Crippen molar-refractivity contribution in [2.75, 3.05) is 12.4 Å². The number of rotatable bonds is 4. The van der Waals surface area contributed by atoms with Crippen LogP contribution in [0.25, 0.3) is 0 Å². The monoisotopic (exact) mass is 295 g/mol. The predicted octanol–water partition coefficient (Wildman–Crippen LogP) is 3.97. The highest BCUT2D eigenvalue weighted by atomic mass is 35.5. The number of anilines is 1. The standard InChI is InChI=1S/C14H15ClFN3O/c1-4-12-18-13(17-3)8(2)14(19-12)20-9-5-6-11(16)10(15)7-9/h5-7H,4H2,1-3H3,(H,17,18,19). The maximum Gasteiger partial charge on any atom is 0.227 e. The molecule has 0 spiro atoms. The van der Waals surface area contributed by atoms with Gasteiger partial charge in [-0.15, -0.1) is 0 Å². The zero-order chi connectivity index (χ0) is 14.7. The lowest BCUT2D eigenvalue weighted by Gasteiger charge is -2.12. The molecule has 0 aliphatic heterocycles. The molecule has 0 aliphatic carbocycles. The molecule has 4 nitrogen and oxygen atoms in total. The molecule has 0 bridgehead atoms. The molecular weight excluding hydrogens is 281 g/mol. The third-order valence-electron chi connectivity index (χ3n) is 2.81. The van der Waals surface area contributed by atoms with Crippen molar-refractivity contribution in [3.8, 4) is 11.6 Å². The Labute approximate surface area is 122 Å². The third-order valence-corrected chi connectivity index (χ3v) is 3.10. The molecule has 1 heterocycles. The van der Waals surface area contributed by atoms with Crippen molar-refractivity contribution in [1.29, 1.82) is 0 Å². The Morgan fingerprint density at radius 2 is 2.10 bits per heavy atom. The average molecular weight is 296 g/mol. The summed E-state index contributed by atoms with van der Waals surface area (Å²) in [4.78, 5) is 8.69. The summed E-state index contributed by atoms with van der Waals surface area (Å²) in [7, 11) is 1.79. The summed E-state index contributed by atoms with van der Waals surface area (Å²) in [6.45, 7) is 3.81. The van der Waals surface area contributed by atoms with Gasteiger partial charge in [-0.25, -0.2) is 9.37 Å². The highest BCUT2D eigenvalue weighted by molar-refractivity contribution is 6.30. The predicted molar refractivity (Wildman–Crippen MR) is 77.2 cm³/mol. The average Bonchev–Trinajstić information content (AvgIpc) is 2.45. The summed E-state index contributed by atoms with van der Waals surface area (Å²) in [5.41, 5.74) is 0.783. The number of hydrogen-bond donors (Lipinski definition) is 1. The van der Waals surface area contributed by atoms with Gasteiger partial charge in [-0.3, -0.25) is 0 Å². The van der Waals surface area contributed by atoms with Gasteiger partial charge >= 0.3 is 0 Å². The van der Waals surface area contributed by atoms with Gasteiger partial charge in [-0.05, 0) is 19.1 Å². The molecule has 0 radical (unpaired) electrons. The van der Waals surface area contributed by atoms with E-state index in [-0.39, 0.29) is 5.02 Å². The second-order valence-electron chi connectivity index (χ2n) is 4.20. The largest absolute Gasteiger partial charge is 0.438 e. The lowest BCUT2D eigenvalue weighted by molar-refractivity contribution is 0.453. The Balaban J connectivity index is 2.39. The molecule has 2 aromatic rings. The second-order valence-corrected chi connectivity index (χ2v) is 4.61. The van der Waals surface area contributed by atoms with Crippen LogP contribution in [-0.4, -0.2) is 17.0 Å². The molecule has 1 aromatic heterocycles. The van der Waals surface area contributed by atoms with E-state index >= 15 is 0 Å². The molecule has 106 valence electrons. The topological polar surface area (TPSA) is 47.0 Å². The lowest BCUT2D eigenvalue weighted by Crippen LogP contribution is -2.04. The van der Waals surface area contributed by atoms with E-state index in [4.69, 9.17) is 16.3 Å². The fraction of sp³-hybridized carbons (Fsp3) is 0.286. The van der Waals surface area contributed by atoms with E-state index in [1.807, 2.05) is 13.8 Å². The second kappa shape index (κ2) is 6.05. The number of nitrogens with zero attached hydrogens (tertiary/aromatic N) is 2. The van der Waals surface area contributed by atoms with E-state index < -0.39 is 5.82 Å². The van der Waals surface area contributed by atoms with Crippen LogP contribution in [0.1, 0.15) is 18.3 Å². The van der Waals surface area contributed by atoms with Crippen LogP contribution in [-0.2, 0) is 6.42 Å². The van der Waals surface area contributed by atoms with Crippen LogP contribution in [0.15, 0.2) is 18.2 Å². The zero-order valence-corrected chi connectivity index (χ0v) is 12.3. The van der Waals surface area contributed by atoms with Crippen molar-refractivity contribution in [3.63, 3.8) is 0 Å². The van der Waals surface area contributed by atoms with Crippen LogP contribution in [0.3, 0.4) is 0 Å². The maximum atomic E-state index is 13.1. The summed E-state index contributed by atoms with van der Waals surface area (Å²) in [6.07, 6.45) is 0.690. The summed E-state index contributed by atoms with van der Waals surface area (Å²) in [5.74, 6) is 1.76. The van der Waals surface area contributed by atoms with E-state index in [9.17, 15) is 4.39 Å². The van der Waals surface area contributed by atoms with E-state index in [1.54, 1.807) is 7.05 Å². The SMILES string of the molecule is CCc1nc(NC)c(C)c(Oc2ccc(F)c(Cl)c2)n1. The Morgan fingerprint density at radius 1 is 1.35 bits per heavy atom. The molecule has 0 saturated carbocycles. The summed E-state index contributed by atoms with van der Waals surface area (Å²) in [6, 6.07) is 4.18. The minimum atomic E-state index is -0.483. The number of benzene rings is 1. The van der Waals surface area contributed by atoms with Crippen molar-refractivity contribution in [2.45, 2.75) is 20.3 Å². The molecule has 1 aromatic carbocycles. The smallest absolute Gasteiger partial charge is 0.227 e. The van der Waals surface area contributed by atoms with Crippen LogP contribution in [0, 0.1) is 12.7 Å². The molecule has 20 heavy (non-hydrogen) atoms. The fourth-order valence-corrected chi connectivity index (χ4v) is 1.86. The van der Waals surface area contributed by atoms with Gasteiger partial charge in [-0.1, -0.05) is 18.5 Å². The molecular formula is C14H15ClFN3O. The molecule has 0 atom stereocenters. The molecule has 1 N–H and O–H groups in total. The third kappa shape index (κ3) is 2.99. The highest BCUT2D eigenvalue weighted by Gasteiger charge is 2.12. The minimum absolute atomic E-state index is 0.0127. The zero-order valence-electron chi connectivity index (χ0n) is 11.5. The van der Waals surface area contributed by atoms with Gasteiger partial charge in [0.2, 0.25) is 5.88 Å². The number of ether oxygens (including phenoxy) is 1. The fourth-order valence-electron chi connectivity index (χ4n) is 1.69. The van der Waals surface area contributed by atoms with Gasteiger partial charge in [0.15, 0.2) is 0 Å². The van der Waals surface area contributed by atoms with Gasteiger partial charge in [0.1, 0.15) is 23.2 Å². The molecule has 2 rings (SSSR count). The number of halogens is 2. The summed E-state index contributed by atoms with van der Waals surface area (Å²) < 4.78 is 18.8. The van der Waals surface area contributed by atoms with Gasteiger partial charge < -0.3 is 10.1 Å². The molecule has 0 aliphatic rings. The Kier molecular flexibility index (Phi) is 4.39. The van der Waals surface area contributed by atoms with Crippen LogP contribution in [0.2, 0.25) is 5.02 Å². The van der Waals surface area contributed by atoms with Crippen molar-refractivity contribution >= 4 is 17.4 Å². The number of nitrogens with one attached hydrogen (secondary N) is 1. The van der Waals surface area contributed by atoms with Crippen LogP contribution in [0.5, 0.6) is 11.6 Å². The number of hydrogen-bond acceptors (Lipinski definition) is 4. The Morgan fingerprint density at radius 3 is 2.70 bits per heavy atom. The molecule has 0 saturated heterocycles. The Bertz CT molecular complexity index is 634. The van der Waals surface area contributed by atoms with Crippen LogP contribution in [0.4, 0.5) is 10.2 Å². The number of aromatic nitrogens is 2. The molecule has 0 unspecified atom stereocenters. The van der Waals surface area contributed by atoms with Crippen molar-refractivity contribution in [2.24, 2.45) is 0 Å².